The van der Waals surface area contributed by atoms with Crippen molar-refractivity contribution in [2.45, 2.75) is 171 Å². The second-order valence-electron chi connectivity index (χ2n) is 29.3. The fourth-order valence-corrected chi connectivity index (χ4v) is 15.4. The number of benzene rings is 6. The third-order valence-electron chi connectivity index (χ3n) is 21.1. The monoisotopic (exact) mass is 1210 g/mol. The number of furan rings is 1. The molecule has 0 bridgehead atoms. The molecule has 11 aromatic rings. The minimum Gasteiger partial charge on any atom is -0.437 e. The Morgan fingerprint density at radius 2 is 1.03 bits per heavy atom. The summed E-state index contributed by atoms with van der Waals surface area (Å²) in [6, 6.07) is 61.6. The quantitative estimate of drug-likeness (QED) is 0.142. The highest BCUT2D eigenvalue weighted by Gasteiger charge is 2.37. The zero-order valence-electron chi connectivity index (χ0n) is 58.9. The lowest BCUT2D eigenvalue weighted by Gasteiger charge is -2.43. The van der Waals surface area contributed by atoms with Crippen molar-refractivity contribution in [2.75, 3.05) is 0 Å². The van der Waals surface area contributed by atoms with Crippen LogP contribution in [0.1, 0.15) is 177 Å². The van der Waals surface area contributed by atoms with Gasteiger partial charge in [0.15, 0.2) is 18.0 Å². The van der Waals surface area contributed by atoms with E-state index in [0.717, 1.165) is 56.0 Å². The van der Waals surface area contributed by atoms with Gasteiger partial charge in [-0.1, -0.05) is 151 Å². The molecule has 3 aliphatic carbocycles. The molecule has 0 N–H and O–H groups in total. The number of rotatable bonds is 8. The van der Waals surface area contributed by atoms with Gasteiger partial charge in [0.05, 0.1) is 5.56 Å². The van der Waals surface area contributed by atoms with Crippen LogP contribution in [0.2, 0.25) is 0 Å². The molecule has 14 rings (SSSR count). The van der Waals surface area contributed by atoms with Gasteiger partial charge in [-0.2, -0.15) is 4.57 Å². The molecule has 466 valence electrons. The second-order valence-corrected chi connectivity index (χ2v) is 29.3. The molecule has 3 aliphatic rings. The molecule has 0 atom stereocenters. The van der Waals surface area contributed by atoms with Crippen LogP contribution in [-0.4, -0.2) is 4.98 Å². The Labute approximate surface area is 547 Å². The summed E-state index contributed by atoms with van der Waals surface area (Å²) in [7, 11) is 6.31. The first-order valence-electron chi connectivity index (χ1n) is 35.0. The largest absolute Gasteiger partial charge is 0.437 e. The van der Waals surface area contributed by atoms with Gasteiger partial charge in [0.2, 0.25) is 28.3 Å². The van der Waals surface area contributed by atoms with Crippen LogP contribution < -0.4 is 13.7 Å². The highest BCUT2D eigenvalue weighted by Crippen LogP contribution is 2.51. The van der Waals surface area contributed by atoms with Crippen LogP contribution >= 0.6 is 0 Å². The van der Waals surface area contributed by atoms with Crippen molar-refractivity contribution >= 4 is 33.0 Å². The molecule has 0 aliphatic heterocycles. The molecular weight excluding hydrogens is 1100 g/mol. The molecule has 6 aromatic carbocycles. The molecule has 0 radical (unpaired) electrons. The molecule has 1 spiro atoms. The summed E-state index contributed by atoms with van der Waals surface area (Å²) < 4.78 is 30.7. The third-order valence-corrected chi connectivity index (χ3v) is 21.1. The van der Waals surface area contributed by atoms with E-state index < -0.39 is 11.8 Å². The van der Waals surface area contributed by atoms with Gasteiger partial charge in [-0.05, 0) is 231 Å². The van der Waals surface area contributed by atoms with Crippen molar-refractivity contribution in [3.8, 4) is 56.0 Å². The van der Waals surface area contributed by atoms with Gasteiger partial charge in [0.25, 0.3) is 0 Å². The number of fused-ring (bicyclic) bond motifs is 4. The Kier molecular flexibility index (Phi) is 17.5. The topological polar surface area (TPSA) is 37.7 Å². The molecule has 3 saturated carbocycles. The molecule has 5 heteroatoms. The number of aryl methyl sites for hydroxylation is 7. The van der Waals surface area contributed by atoms with Crippen molar-refractivity contribution in [3.05, 3.63) is 227 Å². The number of hydrogen-bond donors (Lipinski definition) is 0. The van der Waals surface area contributed by atoms with E-state index in [9.17, 15) is 0 Å². The van der Waals surface area contributed by atoms with Crippen molar-refractivity contribution in [1.29, 1.82) is 0 Å². The summed E-state index contributed by atoms with van der Waals surface area (Å²) in [5.74, 6) is 1.50. The average Bonchev–Trinajstić information content (AvgIpc) is 1.70. The maximum atomic E-state index is 8.87. The van der Waals surface area contributed by atoms with Crippen molar-refractivity contribution < 1.29 is 20.9 Å². The zero-order valence-corrected chi connectivity index (χ0v) is 56.9. The first-order chi connectivity index (χ1) is 44.5. The highest BCUT2D eigenvalue weighted by molar-refractivity contribution is 6.09. The third kappa shape index (κ3) is 13.8. The molecule has 0 saturated heterocycles. The van der Waals surface area contributed by atoms with Crippen LogP contribution in [0, 0.1) is 50.9 Å². The first-order valence-corrected chi connectivity index (χ1v) is 34.0. The molecule has 0 amide bonds. The van der Waals surface area contributed by atoms with Gasteiger partial charge in [0, 0.05) is 72.1 Å². The SMILES string of the molecule is Cc1ccccc1-c1cc(-c2ccc(C3CCC(C)(C)CC3)cc2)cc[n+]1C.Cc1ccccc1-c1cc(-c2ccc(C3CCC4(CCCCC4)CC3)cc2)cc[n+]1C.[2H]C([2H])(c1cccc2c1ccc(-c1c(C)c(C)cc3c1oc1nc(C)ccc13)[n+]2C)C(C)(C)C. The van der Waals surface area contributed by atoms with Crippen LogP contribution in [0.4, 0.5) is 0 Å². The Hall–Kier alpha value is -8.02. The van der Waals surface area contributed by atoms with Crippen LogP contribution in [0.5, 0.6) is 0 Å². The average molecular weight is 1210 g/mol. The van der Waals surface area contributed by atoms with Crippen molar-refractivity contribution in [1.82, 2.24) is 4.98 Å². The standard InChI is InChI=1S/C30H36N.C29H31N2O.C27H32N/c1-23-8-4-5-9-28(23)29-22-27(16-21-31(29)2)25-12-10-24(11-13-25)26-14-19-30(20-15-26)17-6-3-7-18-30;1-17-15-23-22-12-11-18(2)30-28(22)32-27(23)26(19(17)3)25-14-13-21-20(16-29(4,5)6)9-8-10-24(21)31(25)7;1-20-7-5-6-8-25(20)26-19-24(15-18-28(26)4)22-11-9-21(10-12-22)23-13-16-27(2,3)17-14-23/h4-5,8-13,16,21-22,26H,3,6-7,14-15,17-20H2,1-2H3;8-15H,16H2,1-7H3;5-12,15,18-19,23H,13-14,16-17H2,1-4H3/q3*+1/i;16D2;. The Bertz CT molecular complexity index is 4500. The van der Waals surface area contributed by atoms with E-state index in [4.69, 9.17) is 7.16 Å². The lowest BCUT2D eigenvalue weighted by molar-refractivity contribution is -0.660. The van der Waals surface area contributed by atoms with Gasteiger partial charge in [-0.3, -0.25) is 0 Å². The van der Waals surface area contributed by atoms with Crippen molar-refractivity contribution in [3.63, 3.8) is 0 Å². The van der Waals surface area contributed by atoms with Gasteiger partial charge in [-0.25, -0.2) is 14.1 Å². The summed E-state index contributed by atoms with van der Waals surface area (Å²) in [5.41, 5.74) is 25.3. The molecular formula is C86H99N4O+3. The summed E-state index contributed by atoms with van der Waals surface area (Å²) in [5, 5.41) is 3.02. The maximum absolute atomic E-state index is 8.87. The van der Waals surface area contributed by atoms with E-state index in [1.165, 1.54) is 156 Å². The van der Waals surface area contributed by atoms with E-state index >= 15 is 0 Å². The molecule has 3 fully saturated rings. The predicted octanol–water partition coefficient (Wildman–Crippen LogP) is 21.7. The van der Waals surface area contributed by atoms with Crippen LogP contribution in [-0.2, 0) is 27.5 Å². The van der Waals surface area contributed by atoms with Gasteiger partial charge < -0.3 is 4.42 Å². The molecule has 0 unspecified atom stereocenters. The van der Waals surface area contributed by atoms with Crippen LogP contribution in [0.15, 0.2) is 187 Å². The van der Waals surface area contributed by atoms with Gasteiger partial charge in [-0.15, -0.1) is 0 Å². The lowest BCUT2D eigenvalue weighted by Crippen LogP contribution is -2.32. The number of hydrogen-bond acceptors (Lipinski definition) is 2. The van der Waals surface area contributed by atoms with Crippen LogP contribution in [0.3, 0.4) is 0 Å². The van der Waals surface area contributed by atoms with Crippen molar-refractivity contribution in [2.24, 2.45) is 37.4 Å². The Morgan fingerprint density at radius 3 is 1.57 bits per heavy atom. The second kappa shape index (κ2) is 26.3. The van der Waals surface area contributed by atoms with Gasteiger partial charge in [0.1, 0.15) is 21.1 Å². The summed E-state index contributed by atoms with van der Waals surface area (Å²) in [6.07, 6.45) is 21.3. The molecule has 5 nitrogen and oxygen atoms in total. The fourth-order valence-electron chi connectivity index (χ4n) is 15.4. The van der Waals surface area contributed by atoms with E-state index in [1.54, 1.807) is 5.56 Å². The fraction of sp³-hybridized carbons (Fsp3) is 0.372. The van der Waals surface area contributed by atoms with E-state index in [0.29, 0.717) is 22.1 Å². The summed E-state index contributed by atoms with van der Waals surface area (Å²) >= 11 is 0. The van der Waals surface area contributed by atoms with E-state index in [1.807, 2.05) is 52.9 Å². The van der Waals surface area contributed by atoms with Gasteiger partial charge >= 0.3 is 0 Å². The zero-order chi connectivity index (χ0) is 65.6. The number of pyridine rings is 4. The minimum atomic E-state index is -1.48. The minimum absolute atomic E-state index is 0.530. The number of aromatic nitrogens is 4. The molecule has 91 heavy (non-hydrogen) atoms. The normalized spacial score (nSPS) is 17.0. The predicted molar refractivity (Wildman–Crippen MR) is 381 cm³/mol. The Morgan fingerprint density at radius 1 is 0.505 bits per heavy atom. The lowest BCUT2D eigenvalue weighted by atomic mass is 9.62. The first kappa shape index (κ1) is 60.5. The Balaban J connectivity index is 0.000000135. The maximum Gasteiger partial charge on any atom is 0.227 e. The van der Waals surface area contributed by atoms with Crippen LogP contribution in [0.25, 0.3) is 89.0 Å². The summed E-state index contributed by atoms with van der Waals surface area (Å²) in [6.45, 7) is 21.3. The van der Waals surface area contributed by atoms with E-state index in [2.05, 4.69) is 238 Å². The highest BCUT2D eigenvalue weighted by atomic mass is 16.3. The summed E-state index contributed by atoms with van der Waals surface area (Å²) in [4.78, 5) is 4.63. The number of nitrogens with zero attached hydrogens (tertiary/aromatic N) is 4. The molecule has 5 aromatic heterocycles. The smallest absolute Gasteiger partial charge is 0.227 e. The van der Waals surface area contributed by atoms with E-state index in [-0.39, 0.29) is 0 Å². The molecule has 5 heterocycles.